The second-order valence-electron chi connectivity index (χ2n) is 4.97. The molecule has 0 fully saturated rings. The Kier molecular flexibility index (Phi) is 4.66. The maximum absolute atomic E-state index is 11.9. The molecule has 1 heterocycles. The number of benzene rings is 1. The van der Waals surface area contributed by atoms with Crippen molar-refractivity contribution in [3.8, 4) is 0 Å². The highest BCUT2D eigenvalue weighted by Crippen LogP contribution is 2.16. The van der Waals surface area contributed by atoms with E-state index in [1.165, 1.54) is 11.8 Å². The number of nitrogens with one attached hydrogen (secondary N) is 3. The Bertz CT molecular complexity index is 620. The van der Waals surface area contributed by atoms with E-state index >= 15 is 0 Å². The van der Waals surface area contributed by atoms with Crippen molar-refractivity contribution in [1.29, 1.82) is 5.41 Å². The number of guanidine groups is 1. The van der Waals surface area contributed by atoms with Crippen molar-refractivity contribution in [2.45, 2.75) is 19.8 Å². The molecule has 0 radical (unpaired) electrons. The molecule has 5 nitrogen and oxygen atoms in total. The number of pyridine rings is 1. The second kappa shape index (κ2) is 6.65. The largest absolute Gasteiger partial charge is 0.326 e. The molecular weight excluding hydrogens is 264 g/mol. The maximum Gasteiger partial charge on any atom is 0.259 e. The van der Waals surface area contributed by atoms with Crippen LogP contribution in [0.4, 0.5) is 5.69 Å². The van der Waals surface area contributed by atoms with Gasteiger partial charge in [0, 0.05) is 18.1 Å². The average Bonchev–Trinajstić information content (AvgIpc) is 2.48. The van der Waals surface area contributed by atoms with Crippen LogP contribution in [0.5, 0.6) is 0 Å². The molecular formula is C16H18N4O. The summed E-state index contributed by atoms with van der Waals surface area (Å²) in [5.41, 5.74) is 2.40. The van der Waals surface area contributed by atoms with Crippen molar-refractivity contribution in [3.05, 3.63) is 59.9 Å². The molecule has 0 aliphatic heterocycles. The number of carbonyl (C=O) groups is 1. The van der Waals surface area contributed by atoms with Crippen LogP contribution in [-0.2, 0) is 0 Å². The first-order valence-electron chi connectivity index (χ1n) is 6.73. The van der Waals surface area contributed by atoms with Crippen molar-refractivity contribution < 1.29 is 4.79 Å². The van der Waals surface area contributed by atoms with E-state index in [2.05, 4.69) is 29.5 Å². The van der Waals surface area contributed by atoms with Gasteiger partial charge in [-0.25, -0.2) is 0 Å². The minimum atomic E-state index is -0.362. The zero-order valence-electron chi connectivity index (χ0n) is 12.1. The Balaban J connectivity index is 1.94. The van der Waals surface area contributed by atoms with Gasteiger partial charge in [0.15, 0.2) is 5.96 Å². The molecule has 0 aliphatic rings. The van der Waals surface area contributed by atoms with Gasteiger partial charge in [0.05, 0.1) is 5.56 Å². The second-order valence-corrected chi connectivity index (χ2v) is 4.97. The number of carbonyl (C=O) groups excluding carboxylic acids is 1. The summed E-state index contributed by atoms with van der Waals surface area (Å²) < 4.78 is 0. The lowest BCUT2D eigenvalue weighted by Gasteiger charge is -2.11. The molecule has 0 atom stereocenters. The lowest BCUT2D eigenvalue weighted by Crippen LogP contribution is -2.35. The molecule has 0 saturated carbocycles. The van der Waals surface area contributed by atoms with Gasteiger partial charge in [-0.05, 0) is 35.7 Å². The van der Waals surface area contributed by atoms with Gasteiger partial charge in [-0.2, -0.15) is 0 Å². The van der Waals surface area contributed by atoms with Crippen LogP contribution in [0, 0.1) is 5.41 Å². The van der Waals surface area contributed by atoms with Crippen LogP contribution in [0.15, 0.2) is 48.8 Å². The van der Waals surface area contributed by atoms with Gasteiger partial charge in [-0.3, -0.25) is 20.5 Å². The van der Waals surface area contributed by atoms with E-state index in [0.717, 1.165) is 5.69 Å². The molecule has 0 aliphatic carbocycles. The Hall–Kier alpha value is -2.69. The van der Waals surface area contributed by atoms with Crippen LogP contribution >= 0.6 is 0 Å². The van der Waals surface area contributed by atoms with Crippen molar-refractivity contribution in [2.24, 2.45) is 0 Å². The van der Waals surface area contributed by atoms with Crippen molar-refractivity contribution in [1.82, 2.24) is 10.3 Å². The van der Waals surface area contributed by atoms with Gasteiger partial charge >= 0.3 is 0 Å². The third-order valence-electron chi connectivity index (χ3n) is 3.01. The molecule has 0 spiro atoms. The van der Waals surface area contributed by atoms with Crippen LogP contribution in [0.2, 0.25) is 0 Å². The maximum atomic E-state index is 11.9. The Morgan fingerprint density at radius 2 is 1.90 bits per heavy atom. The molecule has 5 heteroatoms. The summed E-state index contributed by atoms with van der Waals surface area (Å²) in [6, 6.07) is 11.1. The van der Waals surface area contributed by atoms with E-state index in [-0.39, 0.29) is 11.9 Å². The first kappa shape index (κ1) is 14.7. The number of amides is 1. The minimum absolute atomic E-state index is 0.0684. The zero-order valence-corrected chi connectivity index (χ0v) is 12.1. The van der Waals surface area contributed by atoms with E-state index in [0.29, 0.717) is 11.5 Å². The van der Waals surface area contributed by atoms with E-state index in [4.69, 9.17) is 5.41 Å². The summed E-state index contributed by atoms with van der Waals surface area (Å²) in [5.74, 6) is 0.0318. The number of hydrogen-bond donors (Lipinski definition) is 3. The molecule has 108 valence electrons. The third kappa shape index (κ3) is 4.14. The van der Waals surface area contributed by atoms with Gasteiger partial charge in [0.2, 0.25) is 0 Å². The standard InChI is InChI=1S/C16H18N4O/c1-11(2)12-5-7-14(8-6-12)19-16(17)20-15(21)13-4-3-9-18-10-13/h3-11H,1-2H3,(H3,17,19,20,21). The Morgan fingerprint density at radius 3 is 2.48 bits per heavy atom. The fourth-order valence-electron chi connectivity index (χ4n) is 1.81. The summed E-state index contributed by atoms with van der Waals surface area (Å²) in [7, 11) is 0. The summed E-state index contributed by atoms with van der Waals surface area (Å²) in [6.45, 7) is 4.25. The van der Waals surface area contributed by atoms with Crippen molar-refractivity contribution in [2.75, 3.05) is 5.32 Å². The molecule has 21 heavy (non-hydrogen) atoms. The highest BCUT2D eigenvalue weighted by atomic mass is 16.1. The molecule has 0 bridgehead atoms. The number of anilines is 1. The minimum Gasteiger partial charge on any atom is -0.326 e. The van der Waals surface area contributed by atoms with Gasteiger partial charge in [0.1, 0.15) is 0 Å². The van der Waals surface area contributed by atoms with Gasteiger partial charge in [0.25, 0.3) is 5.91 Å². The highest BCUT2D eigenvalue weighted by Gasteiger charge is 2.08. The van der Waals surface area contributed by atoms with Gasteiger partial charge in [-0.1, -0.05) is 26.0 Å². The van der Waals surface area contributed by atoms with Crippen LogP contribution in [0.25, 0.3) is 0 Å². The molecule has 1 aromatic carbocycles. The highest BCUT2D eigenvalue weighted by molar-refractivity contribution is 6.08. The molecule has 0 unspecified atom stereocenters. The quantitative estimate of drug-likeness (QED) is 0.598. The third-order valence-corrected chi connectivity index (χ3v) is 3.01. The summed E-state index contributed by atoms with van der Waals surface area (Å²) in [6.07, 6.45) is 3.05. The van der Waals surface area contributed by atoms with Gasteiger partial charge < -0.3 is 5.32 Å². The fourth-order valence-corrected chi connectivity index (χ4v) is 1.81. The predicted molar refractivity (Wildman–Crippen MR) is 83.6 cm³/mol. The Morgan fingerprint density at radius 1 is 1.19 bits per heavy atom. The van der Waals surface area contributed by atoms with Crippen LogP contribution < -0.4 is 10.6 Å². The predicted octanol–water partition coefficient (Wildman–Crippen LogP) is 2.98. The summed E-state index contributed by atoms with van der Waals surface area (Å²) in [4.78, 5) is 15.7. The van der Waals surface area contributed by atoms with Gasteiger partial charge in [-0.15, -0.1) is 0 Å². The molecule has 2 rings (SSSR count). The number of nitrogens with zero attached hydrogens (tertiary/aromatic N) is 1. The number of aromatic nitrogens is 1. The molecule has 3 N–H and O–H groups in total. The molecule has 1 aromatic heterocycles. The first-order valence-corrected chi connectivity index (χ1v) is 6.73. The first-order chi connectivity index (χ1) is 10.1. The van der Waals surface area contributed by atoms with E-state index in [1.54, 1.807) is 18.3 Å². The lowest BCUT2D eigenvalue weighted by molar-refractivity contribution is 0.0976. The molecule has 2 aromatic rings. The monoisotopic (exact) mass is 282 g/mol. The van der Waals surface area contributed by atoms with Crippen LogP contribution in [0.3, 0.4) is 0 Å². The topological polar surface area (TPSA) is 77.9 Å². The smallest absolute Gasteiger partial charge is 0.259 e. The summed E-state index contributed by atoms with van der Waals surface area (Å²) >= 11 is 0. The molecule has 1 amide bonds. The summed E-state index contributed by atoms with van der Waals surface area (Å²) in [5, 5.41) is 13.1. The van der Waals surface area contributed by atoms with Crippen molar-refractivity contribution >= 4 is 17.6 Å². The van der Waals surface area contributed by atoms with Crippen LogP contribution in [-0.4, -0.2) is 16.9 Å². The molecule has 0 saturated heterocycles. The fraction of sp³-hybridized carbons (Fsp3) is 0.188. The van der Waals surface area contributed by atoms with E-state index in [1.807, 2.05) is 24.3 Å². The normalized spacial score (nSPS) is 10.2. The zero-order chi connectivity index (χ0) is 15.2. The number of hydrogen-bond acceptors (Lipinski definition) is 3. The SMILES string of the molecule is CC(C)c1ccc(NC(=N)NC(=O)c2cccnc2)cc1. The number of rotatable bonds is 3. The van der Waals surface area contributed by atoms with Crippen LogP contribution in [0.1, 0.15) is 35.7 Å². The van der Waals surface area contributed by atoms with E-state index in [9.17, 15) is 4.79 Å². The average molecular weight is 282 g/mol. The lowest BCUT2D eigenvalue weighted by atomic mass is 10.0. The Labute approximate surface area is 123 Å². The van der Waals surface area contributed by atoms with E-state index < -0.39 is 0 Å². The van der Waals surface area contributed by atoms with Crippen molar-refractivity contribution in [3.63, 3.8) is 0 Å².